The van der Waals surface area contributed by atoms with Crippen molar-refractivity contribution in [1.29, 1.82) is 10.5 Å². The van der Waals surface area contributed by atoms with E-state index in [9.17, 15) is 58.7 Å². The molecule has 0 aliphatic rings. The number of benzene rings is 4. The van der Waals surface area contributed by atoms with E-state index in [-0.39, 0.29) is 33.5 Å². The number of carbonyl (C=O) groups excluding carboxylic acids is 2. The maximum Gasteiger partial charge on any atom is 0.241 e. The molecule has 4 aromatic rings. The summed E-state index contributed by atoms with van der Waals surface area (Å²) in [5.41, 5.74) is 5.44. The van der Waals surface area contributed by atoms with Crippen molar-refractivity contribution in [3.8, 4) is 23.6 Å². The number of phenolic OH excluding ortho intramolecular Hbond substituents is 2. The number of carbonyl (C=O) groups is 1. The number of amides is 1. The van der Waals surface area contributed by atoms with Gasteiger partial charge in [-0.3, -0.25) is 4.79 Å². The third-order valence-electron chi connectivity index (χ3n) is 9.52. The number of aliphatic imine (C=N–C) groups is 1. The summed E-state index contributed by atoms with van der Waals surface area (Å²) in [7, 11) is -13.6. The van der Waals surface area contributed by atoms with Crippen molar-refractivity contribution in [1.82, 2.24) is 9.44 Å². The molecule has 356 valence electrons. The summed E-state index contributed by atoms with van der Waals surface area (Å²) in [6.45, 7) is 15.7. The molecular formula is C43H53N7O12S4. The minimum atomic E-state index is -4.29. The standard InChI is InChI=1S/C22H27N3O6S2.C14H16N2O.C7H10N2O5S2/c1-13(2)17-8-15(11-23)9-18(14(3)4)22(17)25-21(27)12-32(28,29)20-7-6-16(10-19(20)26)33(30,31)24-5;1-9(2)12-5-11(7-15)6-13(10(3)4)14(12)16-8-17;1-9-16(13,14)5-2-3-7(6(10)4-5)15(8,11)12/h6-10,13-14,24,26H,12H2,1-5H3,(H,25,27);5-6,9-10H,1-4H3;2-4,9-10H,1H3,(H2,8,11,12). The fraction of sp³-hybridized carbons (Fsp3) is 0.349. The second-order valence-corrected chi connectivity index (χ2v) is 22.9. The second-order valence-electron chi connectivity index (χ2n) is 15.6. The summed E-state index contributed by atoms with van der Waals surface area (Å²) < 4.78 is 97.9. The topological polar surface area (TPSA) is 333 Å². The number of anilines is 1. The smallest absolute Gasteiger partial charge is 0.241 e. The molecule has 0 heterocycles. The van der Waals surface area contributed by atoms with Gasteiger partial charge in [-0.05, 0) is 109 Å². The van der Waals surface area contributed by atoms with Gasteiger partial charge >= 0.3 is 0 Å². The van der Waals surface area contributed by atoms with Gasteiger partial charge in [0.25, 0.3) is 0 Å². The molecule has 0 fully saturated rings. The highest BCUT2D eigenvalue weighted by Gasteiger charge is 2.27. The van der Waals surface area contributed by atoms with E-state index in [0.29, 0.717) is 33.6 Å². The van der Waals surface area contributed by atoms with Crippen molar-refractivity contribution < 1.29 is 53.5 Å². The van der Waals surface area contributed by atoms with Crippen LogP contribution in [0.4, 0.5) is 11.4 Å². The zero-order chi connectivity index (χ0) is 50.7. The maximum atomic E-state index is 12.8. The molecule has 4 rings (SSSR count). The van der Waals surface area contributed by atoms with Crippen LogP contribution in [-0.4, -0.2) is 75.7 Å². The number of sulfonamides is 3. The minimum absolute atomic E-state index is 0.0478. The van der Waals surface area contributed by atoms with Gasteiger partial charge in [-0.25, -0.2) is 53.0 Å². The van der Waals surface area contributed by atoms with E-state index in [1.165, 1.54) is 14.1 Å². The number of nitrogens with zero attached hydrogens (tertiary/aromatic N) is 3. The molecule has 7 N–H and O–H groups in total. The number of aromatic hydroxyl groups is 2. The van der Waals surface area contributed by atoms with Crippen molar-refractivity contribution in [2.75, 3.05) is 25.2 Å². The number of sulfone groups is 1. The number of phenols is 2. The molecule has 19 nitrogen and oxygen atoms in total. The molecular weight excluding hydrogens is 935 g/mol. The lowest BCUT2D eigenvalue weighted by Crippen LogP contribution is -2.25. The number of nitriles is 2. The van der Waals surface area contributed by atoms with Crippen LogP contribution in [-0.2, 0) is 49.5 Å². The number of hydrogen-bond donors (Lipinski definition) is 6. The number of primary sulfonamides is 1. The Bertz CT molecular complexity index is 3000. The van der Waals surface area contributed by atoms with Crippen LogP contribution in [0.1, 0.15) is 112 Å². The van der Waals surface area contributed by atoms with Crippen LogP contribution in [0.2, 0.25) is 0 Å². The van der Waals surface area contributed by atoms with E-state index in [1.54, 1.807) is 30.3 Å². The third-order valence-corrected chi connectivity index (χ3v) is 15.0. The summed E-state index contributed by atoms with van der Waals surface area (Å²) in [6.07, 6.45) is 1.60. The van der Waals surface area contributed by atoms with Gasteiger partial charge < -0.3 is 15.5 Å². The molecule has 0 atom stereocenters. The Morgan fingerprint density at radius 2 is 1.00 bits per heavy atom. The van der Waals surface area contributed by atoms with Gasteiger partial charge in [-0.1, -0.05) is 55.4 Å². The number of hydrogen-bond acceptors (Lipinski definition) is 15. The first-order chi connectivity index (χ1) is 30.4. The lowest BCUT2D eigenvalue weighted by molar-refractivity contribution is -0.113. The van der Waals surface area contributed by atoms with Crippen molar-refractivity contribution in [2.45, 2.75) is 98.6 Å². The van der Waals surface area contributed by atoms with Crippen LogP contribution >= 0.6 is 0 Å². The normalized spacial score (nSPS) is 11.7. The van der Waals surface area contributed by atoms with Gasteiger partial charge in [-0.2, -0.15) is 15.5 Å². The molecule has 23 heteroatoms. The fourth-order valence-electron chi connectivity index (χ4n) is 6.10. The molecule has 0 aromatic heterocycles. The third kappa shape index (κ3) is 14.5. The Morgan fingerprint density at radius 1 is 0.636 bits per heavy atom. The van der Waals surface area contributed by atoms with Crippen molar-refractivity contribution >= 4 is 63.3 Å². The van der Waals surface area contributed by atoms with Crippen LogP contribution in [0.3, 0.4) is 0 Å². The van der Waals surface area contributed by atoms with Gasteiger partial charge in [0.05, 0.1) is 38.7 Å². The molecule has 0 bridgehead atoms. The summed E-state index contributed by atoms with van der Waals surface area (Å²) in [6, 6.07) is 16.7. The van der Waals surface area contributed by atoms with Gasteiger partial charge in [0.2, 0.25) is 42.1 Å². The quantitative estimate of drug-likeness (QED) is 0.0667. The van der Waals surface area contributed by atoms with Gasteiger partial charge in [0.15, 0.2) is 9.84 Å². The molecule has 0 aliphatic carbocycles. The minimum Gasteiger partial charge on any atom is -0.507 e. The first-order valence-electron chi connectivity index (χ1n) is 19.7. The van der Waals surface area contributed by atoms with E-state index in [0.717, 1.165) is 47.5 Å². The van der Waals surface area contributed by atoms with E-state index >= 15 is 0 Å². The zero-order valence-corrected chi connectivity index (χ0v) is 41.1. The van der Waals surface area contributed by atoms with Crippen LogP contribution in [0.25, 0.3) is 0 Å². The Balaban J connectivity index is 0.000000379. The lowest BCUT2D eigenvalue weighted by atomic mass is 9.90. The summed E-state index contributed by atoms with van der Waals surface area (Å²) >= 11 is 0. The molecule has 0 spiro atoms. The molecule has 0 saturated heterocycles. The molecule has 0 aliphatic heterocycles. The average Bonchev–Trinajstić information content (AvgIpc) is 3.22. The average molecular weight is 988 g/mol. The number of isocyanates is 1. The van der Waals surface area contributed by atoms with E-state index in [4.69, 9.17) is 10.4 Å². The predicted octanol–water partition coefficient (Wildman–Crippen LogP) is 5.55. The Hall–Kier alpha value is -6.01. The molecule has 1 amide bonds. The molecule has 0 saturated carbocycles. The second kappa shape index (κ2) is 22.9. The van der Waals surface area contributed by atoms with Crippen LogP contribution in [0.5, 0.6) is 11.5 Å². The van der Waals surface area contributed by atoms with E-state index in [1.807, 2.05) is 60.1 Å². The summed E-state index contributed by atoms with van der Waals surface area (Å²) in [5, 5.41) is 45.3. The van der Waals surface area contributed by atoms with Crippen molar-refractivity contribution in [3.05, 3.63) is 94.0 Å². The van der Waals surface area contributed by atoms with Gasteiger partial charge in [0.1, 0.15) is 27.0 Å². The van der Waals surface area contributed by atoms with Gasteiger partial charge in [0, 0.05) is 17.8 Å². The highest BCUT2D eigenvalue weighted by Crippen LogP contribution is 2.37. The SMILES string of the molecule is CC(C)c1cc(C#N)cc(C(C)C)c1N=C=O.CNS(=O)(=O)c1ccc(S(=O)(=O)CC(=O)Nc2c(C(C)C)cc(C#N)cc2C(C)C)c(O)c1.CNS(=O)(=O)c1ccc(S(N)(=O)=O)c(O)c1. The number of nitrogens with one attached hydrogen (secondary N) is 3. The summed E-state index contributed by atoms with van der Waals surface area (Å²) in [4.78, 5) is 25.4. The van der Waals surface area contributed by atoms with E-state index < -0.39 is 72.9 Å². The number of rotatable bonds is 14. The Labute approximate surface area is 386 Å². The highest BCUT2D eigenvalue weighted by molar-refractivity contribution is 7.92. The van der Waals surface area contributed by atoms with Crippen molar-refractivity contribution in [3.63, 3.8) is 0 Å². The van der Waals surface area contributed by atoms with Crippen LogP contribution in [0.15, 0.2) is 85.2 Å². The molecule has 4 aromatic carbocycles. The summed E-state index contributed by atoms with van der Waals surface area (Å²) in [5.74, 6) is -2.94. The van der Waals surface area contributed by atoms with Crippen molar-refractivity contribution in [2.24, 2.45) is 10.1 Å². The molecule has 0 radical (unpaired) electrons. The highest BCUT2D eigenvalue weighted by atomic mass is 32.2. The predicted molar refractivity (Wildman–Crippen MR) is 247 cm³/mol. The van der Waals surface area contributed by atoms with Crippen LogP contribution in [0, 0.1) is 22.7 Å². The van der Waals surface area contributed by atoms with Gasteiger partial charge in [-0.15, -0.1) is 0 Å². The Kier molecular flexibility index (Phi) is 19.5. The molecule has 0 unspecified atom stereocenters. The largest absolute Gasteiger partial charge is 0.507 e. The first kappa shape index (κ1) is 56.1. The first-order valence-corrected chi connectivity index (χ1v) is 25.9. The lowest BCUT2D eigenvalue weighted by Gasteiger charge is -2.21. The van der Waals surface area contributed by atoms with Crippen LogP contribution < -0.4 is 19.9 Å². The Morgan fingerprint density at radius 3 is 1.30 bits per heavy atom. The fourth-order valence-corrected chi connectivity index (χ4v) is 9.43. The number of nitrogens with two attached hydrogens (primary N) is 1. The zero-order valence-electron chi connectivity index (χ0n) is 37.8. The maximum absolute atomic E-state index is 12.8. The molecule has 66 heavy (non-hydrogen) atoms. The van der Waals surface area contributed by atoms with E-state index in [2.05, 4.69) is 27.2 Å². The monoisotopic (exact) mass is 987 g/mol.